The summed E-state index contributed by atoms with van der Waals surface area (Å²) in [6, 6.07) is 17.7. The maximum absolute atomic E-state index is 12.5. The highest BCUT2D eigenvalue weighted by atomic mass is 35.5. The zero-order chi connectivity index (χ0) is 18.1. The Labute approximate surface area is 160 Å². The molecule has 0 spiro atoms. The molecule has 1 atom stereocenters. The van der Waals surface area contributed by atoms with Crippen LogP contribution in [0.5, 0.6) is 0 Å². The van der Waals surface area contributed by atoms with Crippen LogP contribution in [0.15, 0.2) is 59.4 Å². The van der Waals surface area contributed by atoms with E-state index in [0.717, 1.165) is 18.1 Å². The monoisotopic (exact) mass is 385 g/mol. The zero-order valence-electron chi connectivity index (χ0n) is 14.0. The van der Waals surface area contributed by atoms with Crippen molar-refractivity contribution in [1.29, 1.82) is 0 Å². The first-order valence-electron chi connectivity index (χ1n) is 8.37. The van der Waals surface area contributed by atoms with E-state index in [1.165, 1.54) is 10.5 Å². The number of quaternary nitrogens is 1. The lowest BCUT2D eigenvalue weighted by molar-refractivity contribution is -0.926. The van der Waals surface area contributed by atoms with Crippen molar-refractivity contribution in [3.05, 3.63) is 85.9 Å². The number of nitrogens with one attached hydrogen (secondary N) is 3. The first-order chi connectivity index (χ1) is 12.6. The van der Waals surface area contributed by atoms with Crippen molar-refractivity contribution in [3.63, 3.8) is 0 Å². The van der Waals surface area contributed by atoms with E-state index >= 15 is 0 Å². The Balaban J connectivity index is 1.73. The fourth-order valence-electron chi connectivity index (χ4n) is 3.31. The van der Waals surface area contributed by atoms with Gasteiger partial charge in [-0.05, 0) is 30.4 Å². The largest absolute Gasteiger partial charge is 0.324 e. The lowest BCUT2D eigenvalue weighted by Crippen LogP contribution is -3.11. The highest BCUT2D eigenvalue weighted by Crippen LogP contribution is 2.21. The van der Waals surface area contributed by atoms with Crippen LogP contribution in [-0.2, 0) is 13.1 Å². The number of fused-ring (bicyclic) bond motifs is 1. The van der Waals surface area contributed by atoms with Crippen LogP contribution in [0.3, 0.4) is 0 Å². The number of aromatic amines is 1. The van der Waals surface area contributed by atoms with Gasteiger partial charge in [0.1, 0.15) is 24.5 Å². The summed E-state index contributed by atoms with van der Waals surface area (Å²) in [5.74, 6) is 0.748. The van der Waals surface area contributed by atoms with Gasteiger partial charge in [-0.25, -0.2) is 0 Å². The quantitative estimate of drug-likeness (QED) is 0.607. The van der Waals surface area contributed by atoms with Crippen LogP contribution in [0.4, 0.5) is 5.82 Å². The Morgan fingerprint density at radius 3 is 2.73 bits per heavy atom. The van der Waals surface area contributed by atoms with E-state index in [2.05, 4.69) is 22.4 Å². The maximum atomic E-state index is 12.5. The average molecular weight is 386 g/mol. The molecule has 0 fully saturated rings. The number of rotatable bonds is 3. The van der Waals surface area contributed by atoms with Gasteiger partial charge in [-0.1, -0.05) is 48.0 Å². The van der Waals surface area contributed by atoms with E-state index in [1.807, 2.05) is 47.0 Å². The molecule has 26 heavy (non-hydrogen) atoms. The van der Waals surface area contributed by atoms with Gasteiger partial charge in [-0.15, -0.1) is 0 Å². The van der Waals surface area contributed by atoms with Gasteiger partial charge in [0.2, 0.25) is 0 Å². The fourth-order valence-corrected chi connectivity index (χ4v) is 3.79. The second kappa shape index (κ2) is 7.07. The predicted molar refractivity (Wildman–Crippen MR) is 106 cm³/mol. The molecule has 2 heterocycles. The van der Waals surface area contributed by atoms with Crippen LogP contribution in [-0.4, -0.2) is 16.2 Å². The van der Waals surface area contributed by atoms with Crippen LogP contribution >= 0.6 is 23.8 Å². The molecule has 0 radical (unpaired) electrons. The molecule has 5 nitrogen and oxygen atoms in total. The summed E-state index contributed by atoms with van der Waals surface area (Å²) in [6.45, 7) is 2.18. The van der Waals surface area contributed by atoms with Crippen molar-refractivity contribution in [2.24, 2.45) is 0 Å². The molecule has 0 saturated carbocycles. The van der Waals surface area contributed by atoms with Crippen LogP contribution in [0.25, 0.3) is 5.69 Å². The number of anilines is 1. The third kappa shape index (κ3) is 3.31. The lowest BCUT2D eigenvalue weighted by Gasteiger charge is -2.28. The van der Waals surface area contributed by atoms with E-state index in [1.54, 1.807) is 0 Å². The summed E-state index contributed by atoms with van der Waals surface area (Å²) in [4.78, 5) is 16.6. The molecule has 2 aromatic carbocycles. The molecule has 0 aliphatic carbocycles. The Hall–Kier alpha value is -2.41. The molecule has 1 aliphatic heterocycles. The number of halogens is 1. The number of aromatic nitrogens is 2. The summed E-state index contributed by atoms with van der Waals surface area (Å²) in [7, 11) is 0. The number of benzene rings is 2. The molecule has 1 aliphatic rings. The second-order valence-corrected chi connectivity index (χ2v) is 7.17. The molecular weight excluding hydrogens is 368 g/mol. The summed E-state index contributed by atoms with van der Waals surface area (Å²) in [5.41, 5.74) is 2.64. The minimum Gasteiger partial charge on any atom is -0.324 e. The number of hydrogen-bond acceptors (Lipinski definition) is 3. The topological polar surface area (TPSA) is 54.3 Å². The number of hydrogen-bond donors (Lipinski definition) is 3. The van der Waals surface area contributed by atoms with Crippen LogP contribution < -0.4 is 15.8 Å². The minimum atomic E-state index is -0.138. The maximum Gasteiger partial charge on any atom is 0.262 e. The molecule has 3 N–H and O–H groups in total. The molecule has 1 aromatic heterocycles. The normalized spacial score (nSPS) is 16.0. The lowest BCUT2D eigenvalue weighted by atomic mass is 10.1. The van der Waals surface area contributed by atoms with Gasteiger partial charge in [-0.3, -0.25) is 14.3 Å². The molecule has 3 aromatic rings. The average Bonchev–Trinajstić information content (AvgIpc) is 2.63. The highest BCUT2D eigenvalue weighted by Gasteiger charge is 2.25. The van der Waals surface area contributed by atoms with Crippen molar-refractivity contribution in [2.75, 3.05) is 12.0 Å². The Morgan fingerprint density at radius 2 is 1.96 bits per heavy atom. The van der Waals surface area contributed by atoms with E-state index in [-0.39, 0.29) is 5.56 Å². The molecule has 132 valence electrons. The standard InChI is InChI=1S/C19H17ClN4OS/c20-14-7-4-8-15(9-14)24-17-16(18(25)22-19(24)26)11-23(12-21-17)10-13-5-2-1-3-6-13/h1-9,21H,10-12H2,(H,22,25,26)/p+1. The number of nitrogens with zero attached hydrogens (tertiary/aromatic N) is 1. The Morgan fingerprint density at radius 1 is 1.15 bits per heavy atom. The van der Waals surface area contributed by atoms with E-state index in [0.29, 0.717) is 28.6 Å². The first-order valence-corrected chi connectivity index (χ1v) is 9.16. The van der Waals surface area contributed by atoms with Gasteiger partial charge in [0.15, 0.2) is 11.4 Å². The van der Waals surface area contributed by atoms with Crippen LogP contribution in [0.1, 0.15) is 11.1 Å². The fraction of sp³-hybridized carbons (Fsp3) is 0.158. The van der Waals surface area contributed by atoms with Gasteiger partial charge in [0, 0.05) is 10.6 Å². The van der Waals surface area contributed by atoms with Crippen molar-refractivity contribution >= 4 is 29.6 Å². The van der Waals surface area contributed by atoms with Crippen LogP contribution in [0.2, 0.25) is 5.02 Å². The molecule has 0 bridgehead atoms. The summed E-state index contributed by atoms with van der Waals surface area (Å²) in [6.07, 6.45) is 0. The molecule has 0 saturated heterocycles. The third-order valence-electron chi connectivity index (χ3n) is 4.50. The van der Waals surface area contributed by atoms with E-state index in [4.69, 9.17) is 23.8 Å². The molecule has 0 amide bonds. The van der Waals surface area contributed by atoms with Gasteiger partial charge in [-0.2, -0.15) is 0 Å². The SMILES string of the molecule is O=c1[nH]c(=S)n(-c2cccc(Cl)c2)c2c1C[NH+](Cc1ccccc1)CN2. The Kier molecular flexibility index (Phi) is 4.63. The second-order valence-electron chi connectivity index (χ2n) is 6.34. The van der Waals surface area contributed by atoms with Crippen molar-refractivity contribution in [3.8, 4) is 5.69 Å². The van der Waals surface area contributed by atoms with Crippen molar-refractivity contribution in [1.82, 2.24) is 9.55 Å². The van der Waals surface area contributed by atoms with Gasteiger partial charge < -0.3 is 10.2 Å². The summed E-state index contributed by atoms with van der Waals surface area (Å²) in [5, 5.41) is 4.02. The van der Waals surface area contributed by atoms with E-state index in [9.17, 15) is 4.79 Å². The van der Waals surface area contributed by atoms with Crippen molar-refractivity contribution < 1.29 is 4.90 Å². The molecule has 1 unspecified atom stereocenters. The molecule has 7 heteroatoms. The van der Waals surface area contributed by atoms with Gasteiger partial charge in [0.05, 0.1) is 5.69 Å². The van der Waals surface area contributed by atoms with E-state index < -0.39 is 0 Å². The Bertz CT molecular complexity index is 1060. The summed E-state index contributed by atoms with van der Waals surface area (Å²) >= 11 is 11.5. The van der Waals surface area contributed by atoms with Crippen molar-refractivity contribution in [2.45, 2.75) is 13.1 Å². The first kappa shape index (κ1) is 17.0. The molecular formula is C19H18ClN4OS+. The third-order valence-corrected chi connectivity index (χ3v) is 5.02. The predicted octanol–water partition coefficient (Wildman–Crippen LogP) is 2.52. The molecule has 4 rings (SSSR count). The number of H-pyrrole nitrogens is 1. The smallest absolute Gasteiger partial charge is 0.262 e. The minimum absolute atomic E-state index is 0.138. The van der Waals surface area contributed by atoms with Gasteiger partial charge in [0.25, 0.3) is 5.56 Å². The highest BCUT2D eigenvalue weighted by molar-refractivity contribution is 7.71. The zero-order valence-corrected chi connectivity index (χ0v) is 15.5. The summed E-state index contributed by atoms with van der Waals surface area (Å²) < 4.78 is 2.20. The van der Waals surface area contributed by atoms with Gasteiger partial charge >= 0.3 is 0 Å². The van der Waals surface area contributed by atoms with Crippen LogP contribution in [0, 0.1) is 4.77 Å².